The lowest BCUT2D eigenvalue weighted by Gasteiger charge is -2.32. The van der Waals surface area contributed by atoms with Gasteiger partial charge in [-0.2, -0.15) is 5.10 Å². The van der Waals surface area contributed by atoms with E-state index in [-0.39, 0.29) is 0 Å². The van der Waals surface area contributed by atoms with Gasteiger partial charge in [-0.1, -0.05) is 6.92 Å². The molecule has 0 unspecified atom stereocenters. The molecule has 4 heteroatoms. The quantitative estimate of drug-likeness (QED) is 0.848. The van der Waals surface area contributed by atoms with Crippen molar-refractivity contribution in [1.82, 2.24) is 14.7 Å². The molecular weight excluding hydrogens is 200 g/mol. The van der Waals surface area contributed by atoms with E-state index in [0.29, 0.717) is 6.04 Å². The molecule has 0 radical (unpaired) electrons. The van der Waals surface area contributed by atoms with E-state index < -0.39 is 0 Å². The standard InChI is InChI=1S/C12H22N4/c1-3-6-15-7-4-11(5-8-15)16-12(13)10(2)9-14-16/h9,11H,3-8,13H2,1-2H3. The molecule has 0 aliphatic carbocycles. The number of aromatic nitrogens is 2. The van der Waals surface area contributed by atoms with E-state index in [1.165, 1.54) is 38.9 Å². The van der Waals surface area contributed by atoms with Crippen LogP contribution < -0.4 is 5.73 Å². The minimum Gasteiger partial charge on any atom is -0.384 e. The zero-order valence-corrected chi connectivity index (χ0v) is 10.3. The third-order valence-electron chi connectivity index (χ3n) is 3.47. The summed E-state index contributed by atoms with van der Waals surface area (Å²) in [7, 11) is 0. The molecular formula is C12H22N4. The van der Waals surface area contributed by atoms with Crippen LogP contribution in [0.15, 0.2) is 6.20 Å². The van der Waals surface area contributed by atoms with Gasteiger partial charge >= 0.3 is 0 Å². The summed E-state index contributed by atoms with van der Waals surface area (Å²) in [5.74, 6) is 0.842. The van der Waals surface area contributed by atoms with Crippen LogP contribution in [0, 0.1) is 6.92 Å². The van der Waals surface area contributed by atoms with Gasteiger partial charge < -0.3 is 10.6 Å². The van der Waals surface area contributed by atoms with Gasteiger partial charge in [0.15, 0.2) is 0 Å². The first-order valence-electron chi connectivity index (χ1n) is 6.24. The maximum atomic E-state index is 6.01. The van der Waals surface area contributed by atoms with Gasteiger partial charge in [0.1, 0.15) is 5.82 Å². The number of hydrogen-bond donors (Lipinski definition) is 1. The van der Waals surface area contributed by atoms with Crippen molar-refractivity contribution in [1.29, 1.82) is 0 Å². The Morgan fingerprint density at radius 1 is 1.44 bits per heavy atom. The summed E-state index contributed by atoms with van der Waals surface area (Å²) in [4.78, 5) is 2.53. The molecule has 0 saturated carbocycles. The minimum absolute atomic E-state index is 0.502. The molecule has 2 rings (SSSR count). The number of piperidine rings is 1. The molecule has 0 aromatic carbocycles. The Bertz CT molecular complexity index is 337. The molecule has 1 aliphatic heterocycles. The highest BCUT2D eigenvalue weighted by Gasteiger charge is 2.22. The number of nitrogens with zero attached hydrogens (tertiary/aromatic N) is 3. The highest BCUT2D eigenvalue weighted by Crippen LogP contribution is 2.25. The maximum Gasteiger partial charge on any atom is 0.124 e. The topological polar surface area (TPSA) is 47.1 Å². The lowest BCUT2D eigenvalue weighted by molar-refractivity contribution is 0.181. The fourth-order valence-corrected chi connectivity index (χ4v) is 2.45. The Labute approximate surface area is 97.4 Å². The maximum absolute atomic E-state index is 6.01. The monoisotopic (exact) mass is 222 g/mol. The fourth-order valence-electron chi connectivity index (χ4n) is 2.45. The predicted octanol–water partition coefficient (Wildman–Crippen LogP) is 1.82. The molecule has 4 nitrogen and oxygen atoms in total. The molecule has 0 bridgehead atoms. The van der Waals surface area contributed by atoms with Crippen LogP contribution in [0.4, 0.5) is 5.82 Å². The van der Waals surface area contributed by atoms with Gasteiger partial charge in [-0.25, -0.2) is 4.68 Å². The number of likely N-dealkylation sites (tertiary alicyclic amines) is 1. The van der Waals surface area contributed by atoms with Crippen LogP contribution in [0.3, 0.4) is 0 Å². The van der Waals surface area contributed by atoms with E-state index in [1.54, 1.807) is 0 Å². The minimum atomic E-state index is 0.502. The van der Waals surface area contributed by atoms with Crippen LogP contribution in [0.1, 0.15) is 37.8 Å². The molecule has 16 heavy (non-hydrogen) atoms. The first-order valence-corrected chi connectivity index (χ1v) is 6.24. The lowest BCUT2D eigenvalue weighted by atomic mass is 10.1. The van der Waals surface area contributed by atoms with Crippen molar-refractivity contribution in [3.05, 3.63) is 11.8 Å². The molecule has 0 amide bonds. The van der Waals surface area contributed by atoms with Crippen molar-refractivity contribution in [2.75, 3.05) is 25.4 Å². The van der Waals surface area contributed by atoms with E-state index in [1.807, 2.05) is 17.8 Å². The first kappa shape index (κ1) is 11.5. The third kappa shape index (κ3) is 2.21. The summed E-state index contributed by atoms with van der Waals surface area (Å²) in [5, 5.41) is 4.38. The second-order valence-corrected chi connectivity index (χ2v) is 4.73. The van der Waals surface area contributed by atoms with Gasteiger partial charge in [0.05, 0.1) is 12.2 Å². The fraction of sp³-hybridized carbons (Fsp3) is 0.750. The van der Waals surface area contributed by atoms with Gasteiger partial charge in [-0.15, -0.1) is 0 Å². The number of aryl methyl sites for hydroxylation is 1. The molecule has 90 valence electrons. The van der Waals surface area contributed by atoms with Crippen LogP contribution in [0.5, 0.6) is 0 Å². The van der Waals surface area contributed by atoms with E-state index >= 15 is 0 Å². The Balaban J connectivity index is 1.96. The van der Waals surface area contributed by atoms with Crippen molar-refractivity contribution in [3.63, 3.8) is 0 Å². The highest BCUT2D eigenvalue weighted by atomic mass is 15.3. The molecule has 0 atom stereocenters. The predicted molar refractivity (Wildman–Crippen MR) is 66.4 cm³/mol. The number of hydrogen-bond acceptors (Lipinski definition) is 3. The number of nitrogens with two attached hydrogens (primary N) is 1. The van der Waals surface area contributed by atoms with Gasteiger partial charge in [0, 0.05) is 18.7 Å². The summed E-state index contributed by atoms with van der Waals surface area (Å²) in [5.41, 5.74) is 7.11. The average molecular weight is 222 g/mol. The zero-order valence-electron chi connectivity index (χ0n) is 10.3. The SMILES string of the molecule is CCCN1CCC(n2ncc(C)c2N)CC1. The summed E-state index contributed by atoms with van der Waals surface area (Å²) >= 11 is 0. The largest absolute Gasteiger partial charge is 0.384 e. The Kier molecular flexibility index (Phi) is 3.49. The van der Waals surface area contributed by atoms with E-state index in [2.05, 4.69) is 16.9 Å². The number of rotatable bonds is 3. The van der Waals surface area contributed by atoms with Gasteiger partial charge in [0.25, 0.3) is 0 Å². The summed E-state index contributed by atoms with van der Waals surface area (Å²) in [6.07, 6.45) is 5.46. The molecule has 1 aliphatic rings. The van der Waals surface area contributed by atoms with Crippen LogP contribution >= 0.6 is 0 Å². The average Bonchev–Trinajstić information content (AvgIpc) is 2.62. The third-order valence-corrected chi connectivity index (χ3v) is 3.47. The van der Waals surface area contributed by atoms with Gasteiger partial charge in [-0.3, -0.25) is 0 Å². The number of nitrogen functional groups attached to an aromatic ring is 1. The Morgan fingerprint density at radius 3 is 2.62 bits per heavy atom. The van der Waals surface area contributed by atoms with E-state index in [9.17, 15) is 0 Å². The second-order valence-electron chi connectivity index (χ2n) is 4.73. The Morgan fingerprint density at radius 2 is 2.12 bits per heavy atom. The van der Waals surface area contributed by atoms with E-state index in [4.69, 9.17) is 5.73 Å². The molecule has 0 spiro atoms. The molecule has 1 aromatic heterocycles. The van der Waals surface area contributed by atoms with Crippen LogP contribution in [-0.2, 0) is 0 Å². The lowest BCUT2D eigenvalue weighted by Crippen LogP contribution is -2.35. The van der Waals surface area contributed by atoms with Crippen molar-refractivity contribution in [2.24, 2.45) is 0 Å². The van der Waals surface area contributed by atoms with Crippen molar-refractivity contribution in [2.45, 2.75) is 39.2 Å². The highest BCUT2D eigenvalue weighted by molar-refractivity contribution is 5.37. The van der Waals surface area contributed by atoms with Gasteiger partial charge in [-0.05, 0) is 32.7 Å². The van der Waals surface area contributed by atoms with Crippen molar-refractivity contribution in [3.8, 4) is 0 Å². The normalized spacial score (nSPS) is 19.1. The summed E-state index contributed by atoms with van der Waals surface area (Å²) in [6, 6.07) is 0.502. The molecule has 2 N–H and O–H groups in total. The molecule has 2 heterocycles. The summed E-state index contributed by atoms with van der Waals surface area (Å²) < 4.78 is 2.01. The van der Waals surface area contributed by atoms with Crippen molar-refractivity contribution < 1.29 is 0 Å². The number of anilines is 1. The van der Waals surface area contributed by atoms with E-state index in [0.717, 1.165) is 11.4 Å². The Hall–Kier alpha value is -1.03. The van der Waals surface area contributed by atoms with Crippen LogP contribution in [0.25, 0.3) is 0 Å². The molecule has 1 fully saturated rings. The first-order chi connectivity index (χ1) is 7.72. The molecule has 1 saturated heterocycles. The van der Waals surface area contributed by atoms with Crippen molar-refractivity contribution >= 4 is 5.82 Å². The van der Waals surface area contributed by atoms with Crippen LogP contribution in [0.2, 0.25) is 0 Å². The second kappa shape index (κ2) is 4.87. The van der Waals surface area contributed by atoms with Gasteiger partial charge in [0.2, 0.25) is 0 Å². The zero-order chi connectivity index (χ0) is 11.5. The van der Waals surface area contributed by atoms with Crippen LogP contribution in [-0.4, -0.2) is 34.3 Å². The smallest absolute Gasteiger partial charge is 0.124 e. The summed E-state index contributed by atoms with van der Waals surface area (Å²) in [6.45, 7) is 7.83. The molecule has 1 aromatic rings.